The zero-order valence-corrected chi connectivity index (χ0v) is 13.0. The Balaban J connectivity index is 2.21. The van der Waals surface area contributed by atoms with Crippen LogP contribution in [0.3, 0.4) is 0 Å². The second kappa shape index (κ2) is 5.05. The van der Waals surface area contributed by atoms with E-state index in [9.17, 15) is 0 Å². The second-order valence-corrected chi connectivity index (χ2v) is 6.31. The highest BCUT2D eigenvalue weighted by Crippen LogP contribution is 2.37. The molecular weight excluding hydrogens is 242 g/mol. The Morgan fingerprint density at radius 2 is 1.65 bits per heavy atom. The Labute approximate surface area is 122 Å². The number of fused-ring (bicyclic) bond motifs is 1. The van der Waals surface area contributed by atoms with Crippen molar-refractivity contribution in [1.82, 2.24) is 0 Å². The number of nitrogens with zero attached hydrogens (tertiary/aromatic N) is 1. The van der Waals surface area contributed by atoms with Gasteiger partial charge in [-0.2, -0.15) is 4.57 Å². The zero-order chi connectivity index (χ0) is 14.3. The third-order valence-electron chi connectivity index (χ3n) is 4.89. The Kier molecular flexibility index (Phi) is 3.37. The molecule has 2 aromatic rings. The van der Waals surface area contributed by atoms with E-state index >= 15 is 0 Å². The van der Waals surface area contributed by atoms with Crippen molar-refractivity contribution >= 4 is 0 Å². The first-order valence-electron chi connectivity index (χ1n) is 7.68. The SMILES string of the molecule is Cc1ccccc1-c1ccc2c([n+]1C)C(C)CCC2C. The molecule has 0 saturated heterocycles. The van der Waals surface area contributed by atoms with Gasteiger partial charge in [0.15, 0.2) is 5.69 Å². The van der Waals surface area contributed by atoms with Crippen LogP contribution >= 0.6 is 0 Å². The second-order valence-electron chi connectivity index (χ2n) is 6.31. The lowest BCUT2D eigenvalue weighted by Gasteiger charge is -2.25. The van der Waals surface area contributed by atoms with Gasteiger partial charge in [-0.05, 0) is 43.4 Å². The number of aryl methyl sites for hydroxylation is 1. The van der Waals surface area contributed by atoms with E-state index in [1.54, 1.807) is 5.56 Å². The molecule has 0 aliphatic heterocycles. The Morgan fingerprint density at radius 1 is 0.950 bits per heavy atom. The molecule has 3 rings (SSSR count). The maximum Gasteiger partial charge on any atom is 0.212 e. The lowest BCUT2D eigenvalue weighted by molar-refractivity contribution is -0.670. The summed E-state index contributed by atoms with van der Waals surface area (Å²) in [6.45, 7) is 6.92. The molecule has 0 radical (unpaired) electrons. The van der Waals surface area contributed by atoms with E-state index in [1.807, 2.05) is 0 Å². The Morgan fingerprint density at radius 3 is 2.40 bits per heavy atom. The molecule has 1 nitrogen and oxygen atoms in total. The first kappa shape index (κ1) is 13.4. The van der Waals surface area contributed by atoms with Gasteiger partial charge in [0.2, 0.25) is 5.69 Å². The zero-order valence-electron chi connectivity index (χ0n) is 13.0. The van der Waals surface area contributed by atoms with Gasteiger partial charge >= 0.3 is 0 Å². The minimum Gasteiger partial charge on any atom is -0.198 e. The highest BCUT2D eigenvalue weighted by atomic mass is 15.0. The molecule has 2 unspecified atom stereocenters. The largest absolute Gasteiger partial charge is 0.212 e. The summed E-state index contributed by atoms with van der Waals surface area (Å²) in [7, 11) is 2.23. The van der Waals surface area contributed by atoms with Crippen LogP contribution in [0.15, 0.2) is 36.4 Å². The molecule has 1 aliphatic rings. The van der Waals surface area contributed by atoms with E-state index in [0.29, 0.717) is 11.8 Å². The van der Waals surface area contributed by atoms with Crippen molar-refractivity contribution in [3.8, 4) is 11.3 Å². The molecule has 0 fully saturated rings. The number of rotatable bonds is 1. The van der Waals surface area contributed by atoms with Gasteiger partial charge in [0, 0.05) is 23.1 Å². The molecule has 1 aromatic heterocycles. The van der Waals surface area contributed by atoms with Gasteiger partial charge in [-0.1, -0.05) is 32.0 Å². The van der Waals surface area contributed by atoms with Crippen molar-refractivity contribution in [2.75, 3.05) is 0 Å². The smallest absolute Gasteiger partial charge is 0.198 e. The van der Waals surface area contributed by atoms with E-state index in [0.717, 1.165) is 0 Å². The molecule has 0 amide bonds. The first-order valence-corrected chi connectivity index (χ1v) is 7.68. The molecule has 0 saturated carbocycles. The average molecular weight is 266 g/mol. The summed E-state index contributed by atoms with van der Waals surface area (Å²) in [6.07, 6.45) is 2.62. The van der Waals surface area contributed by atoms with E-state index in [2.05, 4.69) is 68.8 Å². The topological polar surface area (TPSA) is 3.88 Å². The third kappa shape index (κ3) is 2.06. The van der Waals surface area contributed by atoms with Crippen molar-refractivity contribution in [2.24, 2.45) is 7.05 Å². The quantitative estimate of drug-likeness (QED) is 0.670. The van der Waals surface area contributed by atoms with Crippen LogP contribution in [-0.2, 0) is 7.05 Å². The van der Waals surface area contributed by atoms with Gasteiger partial charge in [-0.25, -0.2) is 0 Å². The van der Waals surface area contributed by atoms with Crippen LogP contribution in [-0.4, -0.2) is 0 Å². The minimum absolute atomic E-state index is 0.662. The number of pyridine rings is 1. The first-order chi connectivity index (χ1) is 9.59. The van der Waals surface area contributed by atoms with Crippen LogP contribution in [0.4, 0.5) is 0 Å². The van der Waals surface area contributed by atoms with Crippen molar-refractivity contribution < 1.29 is 4.57 Å². The molecule has 0 spiro atoms. The molecule has 104 valence electrons. The van der Waals surface area contributed by atoms with Crippen LogP contribution in [0.5, 0.6) is 0 Å². The molecule has 1 aromatic carbocycles. The Bertz CT molecular complexity index is 642. The molecular formula is C19H24N+. The fraction of sp³-hybridized carbons (Fsp3) is 0.421. The van der Waals surface area contributed by atoms with Gasteiger partial charge in [0.1, 0.15) is 7.05 Å². The van der Waals surface area contributed by atoms with Crippen LogP contribution < -0.4 is 4.57 Å². The van der Waals surface area contributed by atoms with Crippen LogP contribution in [0.1, 0.15) is 55.3 Å². The van der Waals surface area contributed by atoms with Crippen molar-refractivity contribution in [2.45, 2.75) is 45.4 Å². The van der Waals surface area contributed by atoms with E-state index < -0.39 is 0 Å². The summed E-state index contributed by atoms with van der Waals surface area (Å²) < 4.78 is 2.43. The van der Waals surface area contributed by atoms with Gasteiger partial charge in [0.25, 0.3) is 0 Å². The van der Waals surface area contributed by atoms with E-state index in [-0.39, 0.29) is 0 Å². The number of hydrogen-bond donors (Lipinski definition) is 0. The van der Waals surface area contributed by atoms with Crippen LogP contribution in [0, 0.1) is 6.92 Å². The molecule has 0 N–H and O–H groups in total. The van der Waals surface area contributed by atoms with E-state index in [1.165, 1.54) is 35.4 Å². The molecule has 2 atom stereocenters. The number of hydrogen-bond acceptors (Lipinski definition) is 0. The maximum atomic E-state index is 2.43. The summed E-state index contributed by atoms with van der Waals surface area (Å²) in [6, 6.07) is 13.3. The minimum atomic E-state index is 0.662. The van der Waals surface area contributed by atoms with Crippen molar-refractivity contribution in [3.05, 3.63) is 53.2 Å². The molecule has 1 heterocycles. The summed E-state index contributed by atoms with van der Waals surface area (Å²) in [5.74, 6) is 1.36. The molecule has 20 heavy (non-hydrogen) atoms. The van der Waals surface area contributed by atoms with Gasteiger partial charge < -0.3 is 0 Å². The lowest BCUT2D eigenvalue weighted by Crippen LogP contribution is -2.40. The highest BCUT2D eigenvalue weighted by Gasteiger charge is 2.31. The van der Waals surface area contributed by atoms with E-state index in [4.69, 9.17) is 0 Å². The average Bonchev–Trinajstić information content (AvgIpc) is 2.44. The van der Waals surface area contributed by atoms with Gasteiger partial charge in [0.05, 0.1) is 0 Å². The summed E-state index contributed by atoms with van der Waals surface area (Å²) in [5.41, 5.74) is 7.11. The molecule has 1 aliphatic carbocycles. The predicted octanol–water partition coefficient (Wildman–Crippen LogP) is 4.49. The predicted molar refractivity (Wildman–Crippen MR) is 83.9 cm³/mol. The summed E-state index contributed by atoms with van der Waals surface area (Å²) >= 11 is 0. The van der Waals surface area contributed by atoms with Gasteiger partial charge in [-0.15, -0.1) is 0 Å². The highest BCUT2D eigenvalue weighted by molar-refractivity contribution is 5.61. The fourth-order valence-electron chi connectivity index (χ4n) is 3.64. The monoisotopic (exact) mass is 266 g/mol. The number of benzene rings is 1. The van der Waals surface area contributed by atoms with Crippen molar-refractivity contribution in [1.29, 1.82) is 0 Å². The molecule has 0 bridgehead atoms. The lowest BCUT2D eigenvalue weighted by atomic mass is 9.80. The van der Waals surface area contributed by atoms with Crippen LogP contribution in [0.2, 0.25) is 0 Å². The van der Waals surface area contributed by atoms with Gasteiger partial charge in [-0.3, -0.25) is 0 Å². The fourth-order valence-corrected chi connectivity index (χ4v) is 3.64. The summed E-state index contributed by atoms with van der Waals surface area (Å²) in [4.78, 5) is 0. The third-order valence-corrected chi connectivity index (χ3v) is 4.89. The van der Waals surface area contributed by atoms with Crippen LogP contribution in [0.25, 0.3) is 11.3 Å². The Hall–Kier alpha value is -1.63. The molecule has 1 heteroatoms. The maximum absolute atomic E-state index is 2.43. The van der Waals surface area contributed by atoms with Crippen molar-refractivity contribution in [3.63, 3.8) is 0 Å². The normalized spacial score (nSPS) is 21.6. The number of aromatic nitrogens is 1. The summed E-state index contributed by atoms with van der Waals surface area (Å²) in [5, 5.41) is 0. The standard InChI is InChI=1S/C19H24N/c1-13-7-5-6-8-16(13)18-12-11-17-14(2)9-10-15(3)19(17)20(18)4/h5-8,11-12,14-15H,9-10H2,1-4H3/q+1.